The molecular formula is C19H28N4O4S. The van der Waals surface area contributed by atoms with Gasteiger partial charge in [0.1, 0.15) is 17.4 Å². The highest BCUT2D eigenvalue weighted by molar-refractivity contribution is 7.91. The Bertz CT molecular complexity index is 878. The number of hydrogen-bond acceptors (Lipinski definition) is 7. The molecule has 1 amide bonds. The number of anilines is 1. The van der Waals surface area contributed by atoms with Gasteiger partial charge in [-0.05, 0) is 40.0 Å². The Morgan fingerprint density at radius 3 is 2.50 bits per heavy atom. The smallest absolute Gasteiger partial charge is 0.243 e. The van der Waals surface area contributed by atoms with Gasteiger partial charge in [-0.1, -0.05) is 0 Å². The molecule has 154 valence electrons. The predicted octanol–water partition coefficient (Wildman–Crippen LogP) is 1.34. The van der Waals surface area contributed by atoms with Crippen LogP contribution in [0.25, 0.3) is 0 Å². The molecule has 0 unspecified atom stereocenters. The van der Waals surface area contributed by atoms with Crippen molar-refractivity contribution >= 4 is 21.6 Å². The summed E-state index contributed by atoms with van der Waals surface area (Å²) < 4.78 is 28.7. The number of hydrogen-bond donors (Lipinski definition) is 2. The van der Waals surface area contributed by atoms with Crippen LogP contribution in [0.15, 0.2) is 4.42 Å². The molecule has 2 saturated heterocycles. The first-order chi connectivity index (χ1) is 13.2. The van der Waals surface area contributed by atoms with E-state index in [2.05, 4.69) is 21.6 Å². The summed E-state index contributed by atoms with van der Waals surface area (Å²) in [5.74, 6) is 1.15. The molecule has 0 radical (unpaired) electrons. The van der Waals surface area contributed by atoms with Crippen molar-refractivity contribution in [2.75, 3.05) is 29.9 Å². The van der Waals surface area contributed by atoms with E-state index in [-0.39, 0.29) is 41.4 Å². The highest BCUT2D eigenvalue weighted by atomic mass is 32.2. The van der Waals surface area contributed by atoms with Gasteiger partial charge in [0.15, 0.2) is 9.84 Å². The van der Waals surface area contributed by atoms with Crippen molar-refractivity contribution in [2.24, 2.45) is 0 Å². The maximum atomic E-state index is 12.6. The van der Waals surface area contributed by atoms with E-state index in [1.807, 2.05) is 6.92 Å². The molecule has 8 nitrogen and oxygen atoms in total. The first-order valence-electron chi connectivity index (χ1n) is 9.71. The molecule has 3 rings (SSSR count). The lowest BCUT2D eigenvalue weighted by Crippen LogP contribution is -2.51. The van der Waals surface area contributed by atoms with E-state index < -0.39 is 9.84 Å². The van der Waals surface area contributed by atoms with Crippen LogP contribution in [0, 0.1) is 25.2 Å². The minimum Gasteiger partial charge on any atom is -0.444 e. The Labute approximate surface area is 166 Å². The quantitative estimate of drug-likeness (QED) is 0.755. The number of nitrogens with one attached hydrogen (secondary N) is 2. The Hall–Kier alpha value is -1.89. The van der Waals surface area contributed by atoms with Gasteiger partial charge in [0.05, 0.1) is 17.5 Å². The normalized spacial score (nSPS) is 24.0. The molecule has 9 heteroatoms. The summed E-state index contributed by atoms with van der Waals surface area (Å²) in [6.07, 6.45) is 2.43. The molecule has 0 aliphatic carbocycles. The van der Waals surface area contributed by atoms with Crippen LogP contribution in [0.2, 0.25) is 0 Å². The molecule has 0 spiro atoms. The second kappa shape index (κ2) is 8.23. The van der Waals surface area contributed by atoms with Crippen LogP contribution in [0.1, 0.15) is 43.1 Å². The zero-order valence-corrected chi connectivity index (χ0v) is 17.4. The van der Waals surface area contributed by atoms with Crippen LogP contribution in [-0.4, -0.2) is 61.9 Å². The minimum absolute atomic E-state index is 0.0529. The monoisotopic (exact) mass is 408 g/mol. The van der Waals surface area contributed by atoms with Gasteiger partial charge in [0.2, 0.25) is 11.8 Å². The van der Waals surface area contributed by atoms with Crippen LogP contribution < -0.4 is 10.6 Å². The number of piperidine rings is 1. The number of nitriles is 1. The molecule has 2 atom stereocenters. The van der Waals surface area contributed by atoms with Crippen LogP contribution in [0.4, 0.5) is 5.88 Å². The highest BCUT2D eigenvalue weighted by Crippen LogP contribution is 2.26. The molecule has 2 N–H and O–H groups in total. The molecule has 28 heavy (non-hydrogen) atoms. The van der Waals surface area contributed by atoms with E-state index in [0.29, 0.717) is 17.7 Å². The summed E-state index contributed by atoms with van der Waals surface area (Å²) in [5.41, 5.74) is 1.11. The average molecular weight is 409 g/mol. The van der Waals surface area contributed by atoms with Gasteiger partial charge in [-0.15, -0.1) is 0 Å². The van der Waals surface area contributed by atoms with Gasteiger partial charge < -0.3 is 9.73 Å². The zero-order chi connectivity index (χ0) is 20.5. The molecule has 1 aromatic rings. The Morgan fingerprint density at radius 2 is 1.93 bits per heavy atom. The second-order valence-corrected chi connectivity index (χ2v) is 10.1. The number of likely N-dealkylation sites (tertiary alicyclic amines) is 1. The molecular weight excluding hydrogens is 380 g/mol. The Balaban J connectivity index is 1.51. The number of nitrogens with zero attached hydrogens (tertiary/aromatic N) is 2. The van der Waals surface area contributed by atoms with Crippen molar-refractivity contribution in [3.63, 3.8) is 0 Å². The summed E-state index contributed by atoms with van der Waals surface area (Å²) in [7, 11) is -2.88. The van der Waals surface area contributed by atoms with Crippen molar-refractivity contribution in [1.82, 2.24) is 10.2 Å². The van der Waals surface area contributed by atoms with Gasteiger partial charge in [0, 0.05) is 30.7 Å². The number of aryl methyl sites for hydroxylation is 1. The first kappa shape index (κ1) is 20.8. The third-order valence-electron chi connectivity index (χ3n) is 5.89. The second-order valence-electron chi connectivity index (χ2n) is 7.84. The van der Waals surface area contributed by atoms with E-state index in [4.69, 9.17) is 4.42 Å². The minimum atomic E-state index is -2.88. The SMILES string of the molecule is Cc1oc(NC(=O)[C@@H](C)N2CCC(N[C@@H]3CCS(=O)(=O)C3)CC2)c(C#N)c1C. The van der Waals surface area contributed by atoms with Crippen molar-refractivity contribution in [3.05, 3.63) is 16.9 Å². The van der Waals surface area contributed by atoms with Crippen LogP contribution in [0.5, 0.6) is 0 Å². The number of furan rings is 1. The van der Waals surface area contributed by atoms with E-state index in [1.165, 1.54) is 0 Å². The summed E-state index contributed by atoms with van der Waals surface area (Å²) in [5, 5.41) is 15.5. The topological polar surface area (TPSA) is 115 Å². The Kier molecular flexibility index (Phi) is 6.12. The van der Waals surface area contributed by atoms with E-state index >= 15 is 0 Å². The maximum Gasteiger partial charge on any atom is 0.243 e. The Morgan fingerprint density at radius 1 is 1.25 bits per heavy atom. The van der Waals surface area contributed by atoms with Crippen molar-refractivity contribution in [1.29, 1.82) is 5.26 Å². The lowest BCUT2D eigenvalue weighted by atomic mass is 10.0. The van der Waals surface area contributed by atoms with E-state index in [9.17, 15) is 18.5 Å². The number of carbonyl (C=O) groups excluding carboxylic acids is 1. The zero-order valence-electron chi connectivity index (χ0n) is 16.6. The van der Waals surface area contributed by atoms with Crippen LogP contribution >= 0.6 is 0 Å². The lowest BCUT2D eigenvalue weighted by molar-refractivity contribution is -0.121. The predicted molar refractivity (Wildman–Crippen MR) is 106 cm³/mol. The van der Waals surface area contributed by atoms with Crippen LogP contribution in [0.3, 0.4) is 0 Å². The number of rotatable bonds is 5. The molecule has 3 heterocycles. The standard InChI is InChI=1S/C19H28N4O4S/c1-12-14(3)27-19(17(12)10-20)22-18(24)13(2)23-7-4-15(5-8-23)21-16-6-9-28(25,26)11-16/h13,15-16,21H,4-9,11H2,1-3H3,(H,22,24)/t13-,16-/m1/s1. The third kappa shape index (κ3) is 4.57. The molecule has 0 aromatic carbocycles. The molecule has 0 saturated carbocycles. The summed E-state index contributed by atoms with van der Waals surface area (Å²) >= 11 is 0. The van der Waals surface area contributed by atoms with Crippen molar-refractivity contribution in [2.45, 2.75) is 58.2 Å². The number of sulfone groups is 1. The fraction of sp³-hybridized carbons (Fsp3) is 0.684. The lowest BCUT2D eigenvalue weighted by Gasteiger charge is -2.36. The van der Waals surface area contributed by atoms with Crippen LogP contribution in [-0.2, 0) is 14.6 Å². The molecule has 2 fully saturated rings. The van der Waals surface area contributed by atoms with E-state index in [1.54, 1.807) is 13.8 Å². The van der Waals surface area contributed by atoms with Gasteiger partial charge in [-0.2, -0.15) is 5.26 Å². The largest absolute Gasteiger partial charge is 0.444 e. The molecule has 1 aromatic heterocycles. The average Bonchev–Trinajstić information content (AvgIpc) is 3.13. The van der Waals surface area contributed by atoms with Crippen molar-refractivity contribution in [3.8, 4) is 6.07 Å². The molecule has 0 bridgehead atoms. The first-order valence-corrected chi connectivity index (χ1v) is 11.5. The van der Waals surface area contributed by atoms with Gasteiger partial charge in [-0.25, -0.2) is 8.42 Å². The van der Waals surface area contributed by atoms with Gasteiger partial charge in [-0.3, -0.25) is 15.0 Å². The fourth-order valence-electron chi connectivity index (χ4n) is 3.95. The highest BCUT2D eigenvalue weighted by Gasteiger charge is 2.32. The fourth-order valence-corrected chi connectivity index (χ4v) is 5.63. The molecule has 2 aliphatic rings. The van der Waals surface area contributed by atoms with Gasteiger partial charge >= 0.3 is 0 Å². The summed E-state index contributed by atoms with van der Waals surface area (Å²) in [6.45, 7) is 6.92. The molecule has 2 aliphatic heterocycles. The number of amides is 1. The van der Waals surface area contributed by atoms with E-state index in [0.717, 1.165) is 31.5 Å². The van der Waals surface area contributed by atoms with Gasteiger partial charge in [0.25, 0.3) is 0 Å². The summed E-state index contributed by atoms with van der Waals surface area (Å²) in [4.78, 5) is 14.7. The maximum absolute atomic E-state index is 12.6. The third-order valence-corrected chi connectivity index (χ3v) is 7.66. The number of carbonyl (C=O) groups is 1. The summed E-state index contributed by atoms with van der Waals surface area (Å²) in [6, 6.07) is 2.07. The van der Waals surface area contributed by atoms with Crippen molar-refractivity contribution < 1.29 is 17.6 Å².